The van der Waals surface area contributed by atoms with Crippen LogP contribution in [-0.2, 0) is 6.54 Å². The number of methoxy groups -OCH3 is 2. The molecule has 0 radical (unpaired) electrons. The van der Waals surface area contributed by atoms with E-state index in [9.17, 15) is 4.79 Å². The van der Waals surface area contributed by atoms with Gasteiger partial charge in [-0.15, -0.1) is 0 Å². The summed E-state index contributed by atoms with van der Waals surface area (Å²) in [6, 6.07) is 26.0. The van der Waals surface area contributed by atoms with Crippen LogP contribution in [0.1, 0.15) is 31.5 Å². The third-order valence-corrected chi connectivity index (χ3v) is 6.41. The predicted octanol–water partition coefficient (Wildman–Crippen LogP) is 6.89. The van der Waals surface area contributed by atoms with Gasteiger partial charge in [0.15, 0.2) is 11.5 Å². The highest BCUT2D eigenvalue weighted by molar-refractivity contribution is 5.79. The van der Waals surface area contributed by atoms with Crippen LogP contribution < -0.4 is 19.5 Å². The highest BCUT2D eigenvalue weighted by Crippen LogP contribution is 2.37. The molecule has 0 saturated carbocycles. The number of rotatable bonds is 12. The Morgan fingerprint density at radius 1 is 0.789 bits per heavy atom. The van der Waals surface area contributed by atoms with Crippen LogP contribution in [0.4, 0.5) is 4.79 Å². The third kappa shape index (κ3) is 6.54. The first-order valence-electron chi connectivity index (χ1n) is 13.0. The minimum absolute atomic E-state index is 0.273. The molecule has 0 fully saturated rings. The summed E-state index contributed by atoms with van der Waals surface area (Å²) < 4.78 is 18.3. The van der Waals surface area contributed by atoms with Crippen molar-refractivity contribution in [2.24, 2.45) is 0 Å². The highest BCUT2D eigenvalue weighted by atomic mass is 16.6. The van der Waals surface area contributed by atoms with Gasteiger partial charge in [0.1, 0.15) is 5.82 Å². The summed E-state index contributed by atoms with van der Waals surface area (Å²) >= 11 is 0. The number of carbonyl (C=O) groups excluding carboxylic acids is 1. The Hall–Kier alpha value is -4.26. The number of para-hydroxylation sites is 1. The molecule has 7 nitrogen and oxygen atoms in total. The number of nitrogens with zero attached hydrogens (tertiary/aromatic N) is 2. The fourth-order valence-electron chi connectivity index (χ4n) is 4.51. The molecular weight excluding hydrogens is 478 g/mol. The van der Waals surface area contributed by atoms with Gasteiger partial charge in [0.2, 0.25) is 5.75 Å². The van der Waals surface area contributed by atoms with E-state index in [4.69, 9.17) is 19.2 Å². The molecule has 7 heteroatoms. The lowest BCUT2D eigenvalue weighted by Crippen LogP contribution is -2.28. The van der Waals surface area contributed by atoms with E-state index in [2.05, 4.69) is 65.3 Å². The molecule has 0 atom stereocenters. The zero-order chi connectivity index (χ0) is 26.7. The van der Waals surface area contributed by atoms with Crippen molar-refractivity contribution < 1.29 is 19.0 Å². The summed E-state index contributed by atoms with van der Waals surface area (Å²) in [5.41, 5.74) is 4.47. The number of benzene rings is 3. The Labute approximate surface area is 224 Å². The summed E-state index contributed by atoms with van der Waals surface area (Å²) in [5, 5.41) is 2.82. The number of unbranched alkanes of at least 4 members (excludes halogenated alkanes) is 3. The summed E-state index contributed by atoms with van der Waals surface area (Å²) in [7, 11) is 3.05. The second-order valence-corrected chi connectivity index (χ2v) is 8.96. The molecule has 4 aromatic rings. The molecule has 0 aliphatic heterocycles. The van der Waals surface area contributed by atoms with Gasteiger partial charge in [0.25, 0.3) is 0 Å². The van der Waals surface area contributed by atoms with Crippen LogP contribution in [0.5, 0.6) is 17.2 Å². The lowest BCUT2D eigenvalue weighted by Gasteiger charge is -2.13. The molecular formula is C31H35N3O4. The van der Waals surface area contributed by atoms with Crippen molar-refractivity contribution in [2.75, 3.05) is 20.8 Å². The van der Waals surface area contributed by atoms with Gasteiger partial charge in [-0.25, -0.2) is 9.78 Å². The molecule has 1 heterocycles. The number of nitrogens with one attached hydrogen (secondary N) is 1. The number of carbonyl (C=O) groups is 1. The van der Waals surface area contributed by atoms with Crippen LogP contribution >= 0.6 is 0 Å². The SMILES string of the molecule is COc1cccc(OC)c1OC(=O)NCCCCCCn1c(C)nc(-c2ccccc2)c1-c1ccccc1. The maximum absolute atomic E-state index is 12.3. The van der Waals surface area contributed by atoms with E-state index < -0.39 is 6.09 Å². The quantitative estimate of drug-likeness (QED) is 0.209. The number of imidazole rings is 1. The van der Waals surface area contributed by atoms with Gasteiger partial charge in [-0.05, 0) is 31.9 Å². The van der Waals surface area contributed by atoms with E-state index in [1.54, 1.807) is 18.2 Å². The molecule has 0 aliphatic rings. The molecule has 0 unspecified atom stereocenters. The number of hydrogen-bond donors (Lipinski definition) is 1. The fraction of sp³-hybridized carbons (Fsp3) is 0.290. The molecule has 198 valence electrons. The largest absolute Gasteiger partial charge is 0.493 e. The molecule has 4 rings (SSSR count). The molecule has 3 aromatic carbocycles. The van der Waals surface area contributed by atoms with E-state index in [0.29, 0.717) is 18.0 Å². The lowest BCUT2D eigenvalue weighted by atomic mass is 10.0. The Morgan fingerprint density at radius 2 is 1.39 bits per heavy atom. The normalized spacial score (nSPS) is 10.7. The van der Waals surface area contributed by atoms with Crippen LogP contribution in [0.3, 0.4) is 0 Å². The third-order valence-electron chi connectivity index (χ3n) is 6.41. The first-order chi connectivity index (χ1) is 18.6. The summed E-state index contributed by atoms with van der Waals surface area (Å²) in [6.45, 7) is 3.50. The Balaban J connectivity index is 1.29. The fourth-order valence-corrected chi connectivity index (χ4v) is 4.51. The summed E-state index contributed by atoms with van der Waals surface area (Å²) in [4.78, 5) is 17.2. The Kier molecular flexibility index (Phi) is 9.40. The van der Waals surface area contributed by atoms with Crippen molar-refractivity contribution in [2.45, 2.75) is 39.2 Å². The van der Waals surface area contributed by atoms with E-state index in [0.717, 1.165) is 55.0 Å². The van der Waals surface area contributed by atoms with Gasteiger partial charge in [-0.2, -0.15) is 0 Å². The van der Waals surface area contributed by atoms with Crippen LogP contribution in [0, 0.1) is 6.92 Å². The van der Waals surface area contributed by atoms with Crippen LogP contribution in [0.25, 0.3) is 22.5 Å². The number of amides is 1. The lowest BCUT2D eigenvalue weighted by molar-refractivity contribution is 0.195. The van der Waals surface area contributed by atoms with Crippen molar-refractivity contribution >= 4 is 6.09 Å². The maximum Gasteiger partial charge on any atom is 0.412 e. The van der Waals surface area contributed by atoms with Crippen LogP contribution in [0.2, 0.25) is 0 Å². The molecule has 0 spiro atoms. The topological polar surface area (TPSA) is 74.6 Å². The zero-order valence-electron chi connectivity index (χ0n) is 22.3. The minimum Gasteiger partial charge on any atom is -0.493 e. The first-order valence-corrected chi connectivity index (χ1v) is 13.0. The van der Waals surface area contributed by atoms with E-state index in [1.165, 1.54) is 19.8 Å². The summed E-state index contributed by atoms with van der Waals surface area (Å²) in [6.07, 6.45) is 3.40. The minimum atomic E-state index is -0.525. The first kappa shape index (κ1) is 26.8. The Bertz CT molecular complexity index is 1300. The monoisotopic (exact) mass is 513 g/mol. The number of ether oxygens (including phenoxy) is 3. The van der Waals surface area contributed by atoms with E-state index >= 15 is 0 Å². The second kappa shape index (κ2) is 13.3. The molecule has 1 amide bonds. The van der Waals surface area contributed by atoms with Crippen molar-refractivity contribution in [3.8, 4) is 39.8 Å². The Morgan fingerprint density at radius 3 is 2.03 bits per heavy atom. The van der Waals surface area contributed by atoms with Gasteiger partial charge in [0.05, 0.1) is 25.6 Å². The van der Waals surface area contributed by atoms with Gasteiger partial charge < -0.3 is 24.1 Å². The molecule has 38 heavy (non-hydrogen) atoms. The molecule has 1 N–H and O–H groups in total. The molecule has 0 aliphatic carbocycles. The van der Waals surface area contributed by atoms with Crippen LogP contribution in [0.15, 0.2) is 78.9 Å². The van der Waals surface area contributed by atoms with E-state index in [1.807, 2.05) is 12.1 Å². The van der Waals surface area contributed by atoms with Crippen molar-refractivity contribution in [3.63, 3.8) is 0 Å². The number of aromatic nitrogens is 2. The average Bonchev–Trinajstić information content (AvgIpc) is 3.29. The standard InChI is InChI=1S/C31H35N3O4/c1-23-33-28(24-15-8-6-9-16-24)29(25-17-10-7-11-18-25)34(23)22-13-5-4-12-21-32-31(35)38-30-26(36-2)19-14-20-27(30)37-3/h6-11,14-20H,4-5,12-13,21-22H2,1-3H3,(H,32,35). The van der Waals surface area contributed by atoms with Gasteiger partial charge in [-0.1, -0.05) is 79.6 Å². The summed E-state index contributed by atoms with van der Waals surface area (Å²) in [5.74, 6) is 2.17. The van der Waals surface area contributed by atoms with Gasteiger partial charge in [-0.3, -0.25) is 0 Å². The van der Waals surface area contributed by atoms with Crippen molar-refractivity contribution in [1.82, 2.24) is 14.9 Å². The predicted molar refractivity (Wildman–Crippen MR) is 150 cm³/mol. The average molecular weight is 514 g/mol. The smallest absolute Gasteiger partial charge is 0.412 e. The van der Waals surface area contributed by atoms with Gasteiger partial charge in [0, 0.05) is 24.2 Å². The molecule has 1 aromatic heterocycles. The molecule has 0 bridgehead atoms. The van der Waals surface area contributed by atoms with E-state index in [-0.39, 0.29) is 5.75 Å². The highest BCUT2D eigenvalue weighted by Gasteiger charge is 2.18. The number of hydrogen-bond acceptors (Lipinski definition) is 5. The molecule has 0 saturated heterocycles. The second-order valence-electron chi connectivity index (χ2n) is 8.96. The van der Waals surface area contributed by atoms with Gasteiger partial charge >= 0.3 is 6.09 Å². The maximum atomic E-state index is 12.3. The van der Waals surface area contributed by atoms with Crippen molar-refractivity contribution in [1.29, 1.82) is 0 Å². The zero-order valence-corrected chi connectivity index (χ0v) is 22.3. The van der Waals surface area contributed by atoms with Crippen molar-refractivity contribution in [3.05, 3.63) is 84.7 Å². The number of aryl methyl sites for hydroxylation is 1. The van der Waals surface area contributed by atoms with Crippen LogP contribution in [-0.4, -0.2) is 36.4 Å².